The Kier molecular flexibility index (Phi) is 6.50. The minimum atomic E-state index is -0.284. The van der Waals surface area contributed by atoms with E-state index in [2.05, 4.69) is 20.8 Å². The van der Waals surface area contributed by atoms with Crippen LogP contribution in [0.25, 0.3) is 0 Å². The molecule has 4 aliphatic carbocycles. The van der Waals surface area contributed by atoms with Crippen molar-refractivity contribution in [1.82, 2.24) is 0 Å². The van der Waals surface area contributed by atoms with Crippen LogP contribution in [0, 0.1) is 52.2 Å². The van der Waals surface area contributed by atoms with Crippen LogP contribution < -0.4 is 4.90 Å². The first kappa shape index (κ1) is 25.8. The summed E-state index contributed by atoms with van der Waals surface area (Å²) in [6, 6.07) is 5.13. The molecule has 4 fully saturated rings. The third-order valence-corrected chi connectivity index (χ3v) is 12.5. The van der Waals surface area contributed by atoms with Gasteiger partial charge in [-0.15, -0.1) is 0 Å². The van der Waals surface area contributed by atoms with Crippen molar-refractivity contribution in [2.75, 3.05) is 11.4 Å². The van der Waals surface area contributed by atoms with Gasteiger partial charge in [0.25, 0.3) is 0 Å². The molecule has 0 bridgehead atoms. The van der Waals surface area contributed by atoms with Crippen LogP contribution in [0.2, 0.25) is 0 Å². The van der Waals surface area contributed by atoms with Crippen LogP contribution in [0.4, 0.5) is 10.1 Å². The SMILES string of the molecule is C[C@H](CCC(=O)N1CCc2cccc(F)c21)[C@H]1CC[C@H]2[C@@H]3[C@H](O)C[C@@H]4C[C@H](O)CC[C@]4(C)[C@H]3CC[C@]12C. The van der Waals surface area contributed by atoms with E-state index in [0.29, 0.717) is 54.2 Å². The van der Waals surface area contributed by atoms with Crippen molar-refractivity contribution in [2.24, 2.45) is 46.3 Å². The van der Waals surface area contributed by atoms with Gasteiger partial charge in [0, 0.05) is 13.0 Å². The smallest absolute Gasteiger partial charge is 0.227 e. The van der Waals surface area contributed by atoms with Gasteiger partial charge in [-0.2, -0.15) is 0 Å². The molecule has 204 valence electrons. The van der Waals surface area contributed by atoms with Gasteiger partial charge in [0.1, 0.15) is 5.82 Å². The normalized spacial score (nSPS) is 43.5. The van der Waals surface area contributed by atoms with Crippen LogP contribution in [0.1, 0.15) is 90.5 Å². The number of hydrogen-bond donors (Lipinski definition) is 2. The van der Waals surface area contributed by atoms with Gasteiger partial charge in [0.15, 0.2) is 0 Å². The van der Waals surface area contributed by atoms with Gasteiger partial charge in [-0.1, -0.05) is 32.9 Å². The highest BCUT2D eigenvalue weighted by Gasteiger charge is 2.62. The molecule has 1 aliphatic heterocycles. The molecule has 2 N–H and O–H groups in total. The molecule has 0 saturated heterocycles. The van der Waals surface area contributed by atoms with Crippen molar-refractivity contribution in [1.29, 1.82) is 0 Å². The maximum Gasteiger partial charge on any atom is 0.227 e. The summed E-state index contributed by atoms with van der Waals surface area (Å²) >= 11 is 0. The summed E-state index contributed by atoms with van der Waals surface area (Å²) in [5, 5.41) is 21.8. The Balaban J connectivity index is 1.14. The molecule has 5 heteroatoms. The quantitative estimate of drug-likeness (QED) is 0.512. The van der Waals surface area contributed by atoms with Crippen LogP contribution in [-0.2, 0) is 11.2 Å². The fourth-order valence-corrected chi connectivity index (χ4v) is 10.5. The van der Waals surface area contributed by atoms with E-state index >= 15 is 0 Å². The van der Waals surface area contributed by atoms with Crippen LogP contribution in [0.3, 0.4) is 0 Å². The van der Waals surface area contributed by atoms with Crippen LogP contribution in [-0.4, -0.2) is 34.9 Å². The maximum absolute atomic E-state index is 14.5. The number of carbonyl (C=O) groups excluding carboxylic acids is 1. The van der Waals surface area contributed by atoms with Crippen molar-refractivity contribution in [2.45, 2.75) is 104 Å². The second kappa shape index (κ2) is 9.33. The monoisotopic (exact) mass is 511 g/mol. The number of aliphatic hydroxyl groups is 2. The van der Waals surface area contributed by atoms with Crippen molar-refractivity contribution in [3.8, 4) is 0 Å². The molecule has 4 nitrogen and oxygen atoms in total. The summed E-state index contributed by atoms with van der Waals surface area (Å²) < 4.78 is 14.5. The first-order valence-corrected chi connectivity index (χ1v) is 15.1. The number of fused-ring (bicyclic) bond motifs is 6. The number of hydrogen-bond acceptors (Lipinski definition) is 3. The first-order chi connectivity index (χ1) is 17.6. The maximum atomic E-state index is 14.5. The lowest BCUT2D eigenvalue weighted by molar-refractivity contribution is -0.174. The molecule has 10 atom stereocenters. The summed E-state index contributed by atoms with van der Waals surface area (Å²) in [4.78, 5) is 14.9. The van der Waals surface area contributed by atoms with Crippen LogP contribution in [0.15, 0.2) is 18.2 Å². The molecule has 6 rings (SSSR count). The van der Waals surface area contributed by atoms with E-state index in [0.717, 1.165) is 44.1 Å². The van der Waals surface area contributed by atoms with Gasteiger partial charge < -0.3 is 15.1 Å². The topological polar surface area (TPSA) is 60.8 Å². The van der Waals surface area contributed by atoms with Crippen molar-refractivity contribution in [3.05, 3.63) is 29.6 Å². The van der Waals surface area contributed by atoms with E-state index < -0.39 is 0 Å². The van der Waals surface area contributed by atoms with Crippen molar-refractivity contribution in [3.63, 3.8) is 0 Å². The molecule has 0 aromatic heterocycles. The van der Waals surface area contributed by atoms with Gasteiger partial charge >= 0.3 is 0 Å². The highest BCUT2D eigenvalue weighted by molar-refractivity contribution is 5.95. The molecule has 1 aromatic rings. The second-order valence-electron chi connectivity index (χ2n) is 14.0. The van der Waals surface area contributed by atoms with Crippen LogP contribution in [0.5, 0.6) is 0 Å². The number of nitrogens with zero attached hydrogens (tertiary/aromatic N) is 1. The lowest BCUT2D eigenvalue weighted by Crippen LogP contribution is -2.58. The molecule has 0 unspecified atom stereocenters. The zero-order valence-electron chi connectivity index (χ0n) is 23.0. The first-order valence-electron chi connectivity index (χ1n) is 15.1. The number of benzene rings is 1. The van der Waals surface area contributed by atoms with Crippen molar-refractivity contribution >= 4 is 11.6 Å². The Morgan fingerprint density at radius 2 is 1.84 bits per heavy atom. The molecule has 37 heavy (non-hydrogen) atoms. The lowest BCUT2D eigenvalue weighted by atomic mass is 9.43. The Morgan fingerprint density at radius 1 is 1.08 bits per heavy atom. The summed E-state index contributed by atoms with van der Waals surface area (Å²) in [6.07, 6.45) is 10.1. The summed E-state index contributed by atoms with van der Waals surface area (Å²) in [6.45, 7) is 7.87. The zero-order chi connectivity index (χ0) is 26.1. The van der Waals surface area contributed by atoms with Gasteiger partial charge in [0.05, 0.1) is 17.9 Å². The second-order valence-corrected chi connectivity index (χ2v) is 14.0. The Bertz CT molecular complexity index is 1040. The molecular formula is C32H46FNO3. The highest BCUT2D eigenvalue weighted by atomic mass is 19.1. The fourth-order valence-electron chi connectivity index (χ4n) is 10.5. The van der Waals surface area contributed by atoms with E-state index in [-0.39, 0.29) is 34.8 Å². The number of para-hydroxylation sites is 1. The van der Waals surface area contributed by atoms with E-state index in [1.54, 1.807) is 11.0 Å². The predicted octanol–water partition coefficient (Wildman–Crippen LogP) is 6.12. The molecule has 1 aromatic carbocycles. The number of anilines is 1. The number of rotatable bonds is 4. The van der Waals surface area contributed by atoms with E-state index in [4.69, 9.17) is 0 Å². The minimum absolute atomic E-state index is 0.0558. The fraction of sp³-hybridized carbons (Fsp3) is 0.781. The van der Waals surface area contributed by atoms with Gasteiger partial charge in [-0.05, 0) is 122 Å². The average Bonchev–Trinajstić information content (AvgIpc) is 3.45. The molecule has 1 heterocycles. The summed E-state index contributed by atoms with van der Waals surface area (Å²) in [5.74, 6) is 2.71. The summed E-state index contributed by atoms with van der Waals surface area (Å²) in [5.41, 5.74) is 1.91. The third-order valence-electron chi connectivity index (χ3n) is 12.5. The Hall–Kier alpha value is -1.46. The van der Waals surface area contributed by atoms with Gasteiger partial charge in [-0.25, -0.2) is 4.39 Å². The van der Waals surface area contributed by atoms with E-state index in [1.807, 2.05) is 6.07 Å². The molecule has 4 saturated carbocycles. The average molecular weight is 512 g/mol. The Morgan fingerprint density at radius 3 is 2.65 bits per heavy atom. The van der Waals surface area contributed by atoms with Crippen LogP contribution >= 0.6 is 0 Å². The number of carbonyl (C=O) groups is 1. The standard InChI is InChI=1S/C32H46FNO3/c1-19(7-10-28(37)34-16-13-20-5-4-6-26(33)30(20)34)23-8-9-24-29-25(12-15-32(23,24)3)31(2)14-11-22(35)17-21(31)18-27(29)36/h4-6,19,21-25,27,29,35-36H,7-18H2,1-3H3/t19-,21+,22-,23-,24+,25+,27-,29+,31+,32-/m1/s1. The number of amides is 1. The number of halogens is 1. The Labute approximate surface area is 222 Å². The lowest BCUT2D eigenvalue weighted by Gasteiger charge is -2.62. The van der Waals surface area contributed by atoms with Gasteiger partial charge in [0.2, 0.25) is 5.91 Å². The van der Waals surface area contributed by atoms with Crippen molar-refractivity contribution < 1.29 is 19.4 Å². The molecule has 5 aliphatic rings. The van der Waals surface area contributed by atoms with E-state index in [1.165, 1.54) is 31.7 Å². The molecule has 0 radical (unpaired) electrons. The third kappa shape index (κ3) is 4.01. The predicted molar refractivity (Wildman–Crippen MR) is 143 cm³/mol. The molecular weight excluding hydrogens is 465 g/mol. The largest absolute Gasteiger partial charge is 0.393 e. The number of aliphatic hydroxyl groups excluding tert-OH is 2. The minimum Gasteiger partial charge on any atom is -0.393 e. The highest BCUT2D eigenvalue weighted by Crippen LogP contribution is 2.68. The van der Waals surface area contributed by atoms with E-state index in [9.17, 15) is 19.4 Å². The summed E-state index contributed by atoms with van der Waals surface area (Å²) in [7, 11) is 0. The zero-order valence-corrected chi connectivity index (χ0v) is 23.0. The van der Waals surface area contributed by atoms with Gasteiger partial charge in [-0.3, -0.25) is 4.79 Å². The molecule has 0 spiro atoms. The molecule has 1 amide bonds.